The monoisotopic (exact) mass is 511 g/mol. The van der Waals surface area contributed by atoms with Crippen molar-refractivity contribution < 1.29 is 13.9 Å². The van der Waals surface area contributed by atoms with Crippen LogP contribution in [0.4, 0.5) is 17.4 Å². The summed E-state index contributed by atoms with van der Waals surface area (Å²) in [5.74, 6) is -0.0879. The molecule has 1 amide bonds. The lowest BCUT2D eigenvalue weighted by Gasteiger charge is -2.28. The zero-order chi connectivity index (χ0) is 25.2. The van der Waals surface area contributed by atoms with E-state index in [9.17, 15) is 10.1 Å². The van der Waals surface area contributed by atoms with Crippen LogP contribution in [0.25, 0.3) is 10.8 Å². The number of benzodiazepines with no additional fused rings is 1. The minimum absolute atomic E-state index is 0.0529. The van der Waals surface area contributed by atoms with Crippen molar-refractivity contribution in [3.8, 4) is 16.8 Å². The topological polar surface area (TPSA) is 129 Å². The summed E-state index contributed by atoms with van der Waals surface area (Å²) < 4.78 is 11.4. The fourth-order valence-corrected chi connectivity index (χ4v) is 5.20. The van der Waals surface area contributed by atoms with Crippen LogP contribution in [0, 0.1) is 11.3 Å². The molecular weight excluding hydrogens is 490 g/mol. The number of carbonyl (C=O) groups is 1. The van der Waals surface area contributed by atoms with Crippen LogP contribution in [0.1, 0.15) is 16.0 Å². The number of amides is 1. The highest BCUT2D eigenvalue weighted by Crippen LogP contribution is 2.39. The summed E-state index contributed by atoms with van der Waals surface area (Å²) in [5, 5.41) is 23.7. The lowest BCUT2D eigenvalue weighted by Crippen LogP contribution is -2.36. The van der Waals surface area contributed by atoms with Crippen LogP contribution in [0.15, 0.2) is 70.1 Å². The summed E-state index contributed by atoms with van der Waals surface area (Å²) in [5.41, 5.74) is 3.88. The fourth-order valence-electron chi connectivity index (χ4n) is 4.30. The summed E-state index contributed by atoms with van der Waals surface area (Å²) in [6.45, 7) is 2.62. The molecule has 2 N–H and O–H groups in total. The smallest absolute Gasteiger partial charge is 0.317 e. The van der Waals surface area contributed by atoms with Gasteiger partial charge in [0.25, 0.3) is 11.8 Å². The number of ether oxygens (including phenoxy) is 1. The first-order valence-corrected chi connectivity index (χ1v) is 12.5. The minimum Gasteiger partial charge on any atom is -0.402 e. The summed E-state index contributed by atoms with van der Waals surface area (Å²) in [7, 11) is 0. The zero-order valence-corrected chi connectivity index (χ0v) is 20.4. The van der Waals surface area contributed by atoms with E-state index >= 15 is 0 Å². The molecule has 2 aliphatic heterocycles. The number of thiophene rings is 1. The van der Waals surface area contributed by atoms with E-state index in [1.807, 2.05) is 60.7 Å². The summed E-state index contributed by atoms with van der Waals surface area (Å²) in [4.78, 5) is 21.3. The normalized spacial score (nSPS) is 17.3. The number of para-hydroxylation sites is 1. The van der Waals surface area contributed by atoms with Crippen LogP contribution in [0.2, 0.25) is 0 Å². The first kappa shape index (κ1) is 22.9. The Labute approximate surface area is 216 Å². The highest BCUT2D eigenvalue weighted by Gasteiger charge is 2.28. The molecular formula is C26H21N7O3S. The Bertz CT molecular complexity index is 1520. The summed E-state index contributed by atoms with van der Waals surface area (Å²) >= 11 is 1.28. The fraction of sp³-hybridized carbons (Fsp3) is 0.192. The van der Waals surface area contributed by atoms with Crippen molar-refractivity contribution in [3.05, 3.63) is 76.7 Å². The molecule has 0 aliphatic carbocycles. The number of carbonyl (C=O) groups excluding carboxylic acids is 1. The van der Waals surface area contributed by atoms with Crippen molar-refractivity contribution >= 4 is 40.3 Å². The highest BCUT2D eigenvalue weighted by molar-refractivity contribution is 7.16. The standard InChI is InChI=1S/C26H21N7O3S/c27-15-17-14-20(33-10-12-35-13-11-33)22(37-17)25-31-32-26(36-25)30-23-24(34)28-19-9-5-4-8-18(19)21(29-23)16-6-2-1-3-7-16/h1-9,14,23H,10-13H2,(H,28,34)(H,30,32)/t23-/m1/s1. The second-order valence-corrected chi connectivity index (χ2v) is 9.43. The number of aliphatic imine (C=N–C) groups is 1. The highest BCUT2D eigenvalue weighted by atomic mass is 32.1. The minimum atomic E-state index is -1.01. The van der Waals surface area contributed by atoms with Crippen LogP contribution >= 0.6 is 11.3 Å². The number of benzene rings is 2. The Morgan fingerprint density at radius 1 is 1.08 bits per heavy atom. The van der Waals surface area contributed by atoms with Gasteiger partial charge in [0.05, 0.1) is 30.3 Å². The van der Waals surface area contributed by atoms with Gasteiger partial charge in [0.15, 0.2) is 0 Å². The van der Waals surface area contributed by atoms with E-state index in [1.54, 1.807) is 0 Å². The number of nitrogens with zero attached hydrogens (tertiary/aromatic N) is 5. The molecule has 1 atom stereocenters. The lowest BCUT2D eigenvalue weighted by atomic mass is 10.0. The molecule has 4 heterocycles. The Morgan fingerprint density at radius 2 is 1.86 bits per heavy atom. The molecule has 0 spiro atoms. The Morgan fingerprint density at radius 3 is 2.68 bits per heavy atom. The maximum Gasteiger partial charge on any atom is 0.317 e. The average molecular weight is 512 g/mol. The molecule has 0 unspecified atom stereocenters. The van der Waals surface area contributed by atoms with Crippen LogP contribution in [-0.4, -0.2) is 54.3 Å². The van der Waals surface area contributed by atoms with Gasteiger partial charge in [0.2, 0.25) is 6.17 Å². The molecule has 184 valence electrons. The quantitative estimate of drug-likeness (QED) is 0.415. The molecule has 0 saturated carbocycles. The number of hydrogen-bond acceptors (Lipinski definition) is 10. The summed E-state index contributed by atoms with van der Waals surface area (Å²) in [6, 6.07) is 21.3. The first-order valence-electron chi connectivity index (χ1n) is 11.7. The summed E-state index contributed by atoms with van der Waals surface area (Å²) in [6.07, 6.45) is -1.01. The largest absolute Gasteiger partial charge is 0.402 e. The Balaban J connectivity index is 1.32. The molecule has 0 bridgehead atoms. The van der Waals surface area contributed by atoms with Gasteiger partial charge in [-0.05, 0) is 12.1 Å². The second-order valence-electron chi connectivity index (χ2n) is 8.37. The molecule has 2 aromatic carbocycles. The van der Waals surface area contributed by atoms with E-state index in [0.29, 0.717) is 47.5 Å². The van der Waals surface area contributed by atoms with Crippen molar-refractivity contribution in [2.45, 2.75) is 6.17 Å². The molecule has 6 rings (SSSR count). The van der Waals surface area contributed by atoms with Gasteiger partial charge in [0, 0.05) is 24.2 Å². The van der Waals surface area contributed by atoms with Gasteiger partial charge in [0.1, 0.15) is 15.8 Å². The van der Waals surface area contributed by atoms with E-state index in [4.69, 9.17) is 14.1 Å². The molecule has 4 aromatic rings. The molecule has 10 nitrogen and oxygen atoms in total. The van der Waals surface area contributed by atoms with Crippen LogP contribution in [-0.2, 0) is 9.53 Å². The molecule has 11 heteroatoms. The molecule has 0 radical (unpaired) electrons. The van der Waals surface area contributed by atoms with E-state index in [0.717, 1.165) is 16.8 Å². The third-order valence-electron chi connectivity index (χ3n) is 6.05. The number of morpholine rings is 1. The molecule has 37 heavy (non-hydrogen) atoms. The predicted octanol–water partition coefficient (Wildman–Crippen LogP) is 3.73. The van der Waals surface area contributed by atoms with E-state index < -0.39 is 6.17 Å². The number of hydrogen-bond donors (Lipinski definition) is 2. The number of nitrogens with one attached hydrogen (secondary N) is 2. The SMILES string of the molecule is N#Cc1cc(N2CCOCC2)c(-c2nnc(N[C@H]3N=C(c4ccccc4)c4ccccc4NC3=O)o2)s1. The Kier molecular flexibility index (Phi) is 6.10. The third-order valence-corrected chi connectivity index (χ3v) is 7.06. The van der Waals surface area contributed by atoms with Crippen molar-refractivity contribution in [1.29, 1.82) is 5.26 Å². The molecule has 2 aliphatic rings. The van der Waals surface area contributed by atoms with Crippen molar-refractivity contribution in [1.82, 2.24) is 10.2 Å². The average Bonchev–Trinajstić information content (AvgIpc) is 3.56. The van der Waals surface area contributed by atoms with Crippen LogP contribution in [0.3, 0.4) is 0 Å². The number of rotatable bonds is 5. The van der Waals surface area contributed by atoms with Gasteiger partial charge in [-0.1, -0.05) is 53.6 Å². The van der Waals surface area contributed by atoms with Gasteiger partial charge >= 0.3 is 6.01 Å². The van der Waals surface area contributed by atoms with Crippen molar-refractivity contribution in [3.63, 3.8) is 0 Å². The molecule has 2 aromatic heterocycles. The Hall–Kier alpha value is -4.53. The lowest BCUT2D eigenvalue weighted by molar-refractivity contribution is -0.116. The number of anilines is 3. The number of aromatic nitrogens is 2. The molecule has 1 fully saturated rings. The van der Waals surface area contributed by atoms with Crippen molar-refractivity contribution in [2.75, 3.05) is 41.8 Å². The second kappa shape index (κ2) is 9.85. The first-order chi connectivity index (χ1) is 18.2. The van der Waals surface area contributed by atoms with Gasteiger partial charge in [-0.25, -0.2) is 4.99 Å². The van der Waals surface area contributed by atoms with E-state index in [1.165, 1.54) is 11.3 Å². The third kappa shape index (κ3) is 4.55. The van der Waals surface area contributed by atoms with Crippen molar-refractivity contribution in [2.24, 2.45) is 4.99 Å². The maximum atomic E-state index is 13.1. The van der Waals surface area contributed by atoms with Gasteiger partial charge in [-0.15, -0.1) is 16.4 Å². The van der Waals surface area contributed by atoms with Crippen LogP contribution in [0.5, 0.6) is 0 Å². The van der Waals surface area contributed by atoms with Gasteiger partial charge in [-0.3, -0.25) is 4.79 Å². The van der Waals surface area contributed by atoms with E-state index in [2.05, 4.69) is 31.8 Å². The predicted molar refractivity (Wildman–Crippen MR) is 140 cm³/mol. The number of fused-ring (bicyclic) bond motifs is 1. The van der Waals surface area contributed by atoms with E-state index in [-0.39, 0.29) is 17.8 Å². The number of nitriles is 1. The van der Waals surface area contributed by atoms with Crippen LogP contribution < -0.4 is 15.5 Å². The zero-order valence-electron chi connectivity index (χ0n) is 19.5. The van der Waals surface area contributed by atoms with Gasteiger partial charge < -0.3 is 24.7 Å². The molecule has 1 saturated heterocycles. The van der Waals surface area contributed by atoms with Gasteiger partial charge in [-0.2, -0.15) is 5.26 Å². The maximum absolute atomic E-state index is 13.1.